The number of alkyl halides is 2. The third-order valence-electron chi connectivity index (χ3n) is 2.45. The van der Waals surface area contributed by atoms with Crippen LogP contribution in [-0.4, -0.2) is 70.4 Å². The van der Waals surface area contributed by atoms with Crippen LogP contribution < -0.4 is 5.32 Å². The fourth-order valence-electron chi connectivity index (χ4n) is 1.27. The lowest BCUT2D eigenvalue weighted by molar-refractivity contribution is -0.00564. The predicted molar refractivity (Wildman–Crippen MR) is 72.2 cm³/mol. The summed E-state index contributed by atoms with van der Waals surface area (Å²) >= 11 is 0. The van der Waals surface area contributed by atoms with Crippen molar-refractivity contribution in [1.29, 1.82) is 0 Å². The van der Waals surface area contributed by atoms with Gasteiger partial charge in [-0.05, 0) is 6.42 Å². The van der Waals surface area contributed by atoms with Gasteiger partial charge in [0.1, 0.15) is 6.10 Å². The molecule has 5 nitrogen and oxygen atoms in total. The average Bonchev–Trinajstić information content (AvgIpc) is 2.43. The first-order valence-electron chi connectivity index (χ1n) is 7.08. The summed E-state index contributed by atoms with van der Waals surface area (Å²) in [5.41, 5.74) is 0. The Morgan fingerprint density at radius 1 is 0.950 bits per heavy atom. The molecule has 0 aromatic rings. The first kappa shape index (κ1) is 19.7. The van der Waals surface area contributed by atoms with Crippen LogP contribution >= 0.6 is 0 Å². The number of aliphatic hydroxyl groups is 1. The van der Waals surface area contributed by atoms with Gasteiger partial charge >= 0.3 is 0 Å². The molecule has 0 aliphatic carbocycles. The monoisotopic (exact) mass is 299 g/mol. The second-order valence-corrected chi connectivity index (χ2v) is 4.30. The van der Waals surface area contributed by atoms with Gasteiger partial charge in [-0.25, -0.2) is 8.78 Å². The summed E-state index contributed by atoms with van der Waals surface area (Å²) < 4.78 is 39.7. The Hall–Kier alpha value is -0.340. The van der Waals surface area contributed by atoms with Crippen molar-refractivity contribution in [3.8, 4) is 0 Å². The summed E-state index contributed by atoms with van der Waals surface area (Å²) in [6.07, 6.45) is -2.14. The highest BCUT2D eigenvalue weighted by Crippen LogP contribution is 1.97. The molecule has 0 aliphatic heterocycles. The minimum atomic E-state index is -2.71. The summed E-state index contributed by atoms with van der Waals surface area (Å²) in [5, 5.41) is 11.5. The Bertz CT molecular complexity index is 199. The van der Waals surface area contributed by atoms with Crippen molar-refractivity contribution in [1.82, 2.24) is 5.32 Å². The van der Waals surface area contributed by atoms with Crippen LogP contribution in [0.15, 0.2) is 0 Å². The van der Waals surface area contributed by atoms with Gasteiger partial charge in [-0.3, -0.25) is 0 Å². The number of nitrogens with one attached hydrogen (secondary N) is 1. The highest BCUT2D eigenvalue weighted by molar-refractivity contribution is 4.60. The number of halogens is 2. The molecule has 20 heavy (non-hydrogen) atoms. The molecule has 1 unspecified atom stereocenters. The maximum atomic E-state index is 11.9. The maximum absolute atomic E-state index is 11.9. The number of hydrogen-bond donors (Lipinski definition) is 2. The van der Waals surface area contributed by atoms with Crippen molar-refractivity contribution < 1.29 is 28.1 Å². The molecule has 0 heterocycles. The van der Waals surface area contributed by atoms with Crippen LogP contribution in [-0.2, 0) is 14.2 Å². The summed E-state index contributed by atoms with van der Waals surface area (Å²) in [7, 11) is 0. The van der Waals surface area contributed by atoms with E-state index in [0.29, 0.717) is 39.6 Å². The van der Waals surface area contributed by atoms with Gasteiger partial charge in [-0.2, -0.15) is 0 Å². The summed E-state index contributed by atoms with van der Waals surface area (Å²) in [5.74, 6) is 0. The zero-order chi connectivity index (χ0) is 15.1. The summed E-state index contributed by atoms with van der Waals surface area (Å²) in [6, 6.07) is 0. The molecule has 0 spiro atoms. The Balaban J connectivity index is 3.03. The number of unbranched alkanes of at least 4 members (excludes halogenated alkanes) is 1. The van der Waals surface area contributed by atoms with Gasteiger partial charge in [-0.15, -0.1) is 0 Å². The van der Waals surface area contributed by atoms with Crippen molar-refractivity contribution in [2.75, 3.05) is 52.7 Å². The van der Waals surface area contributed by atoms with Gasteiger partial charge in [0.25, 0.3) is 6.43 Å². The van der Waals surface area contributed by atoms with E-state index in [1.54, 1.807) is 0 Å². The second-order valence-electron chi connectivity index (χ2n) is 4.30. The number of aliphatic hydroxyl groups excluding tert-OH is 1. The first-order chi connectivity index (χ1) is 9.68. The summed E-state index contributed by atoms with van der Waals surface area (Å²) in [6.45, 7) is 5.64. The van der Waals surface area contributed by atoms with Crippen LogP contribution in [0.4, 0.5) is 8.78 Å². The first-order valence-corrected chi connectivity index (χ1v) is 7.08. The van der Waals surface area contributed by atoms with E-state index in [4.69, 9.17) is 19.3 Å². The van der Waals surface area contributed by atoms with Gasteiger partial charge < -0.3 is 24.6 Å². The SMILES string of the molecule is CCCCOCCOCCOCCNCC(O)C(F)F. The van der Waals surface area contributed by atoms with E-state index < -0.39 is 12.5 Å². The molecule has 122 valence electrons. The number of hydrogen-bond acceptors (Lipinski definition) is 5. The number of ether oxygens (including phenoxy) is 3. The molecular weight excluding hydrogens is 272 g/mol. The number of rotatable bonds is 15. The van der Waals surface area contributed by atoms with Gasteiger partial charge in [0.15, 0.2) is 0 Å². The zero-order valence-electron chi connectivity index (χ0n) is 12.2. The van der Waals surface area contributed by atoms with Crippen molar-refractivity contribution in [2.24, 2.45) is 0 Å². The Kier molecular flexibility index (Phi) is 14.8. The van der Waals surface area contributed by atoms with Gasteiger partial charge in [0.05, 0.1) is 33.0 Å². The minimum absolute atomic E-state index is 0.132. The Labute approximate surface area is 119 Å². The molecule has 0 amide bonds. The van der Waals surface area contributed by atoms with Gasteiger partial charge in [-0.1, -0.05) is 13.3 Å². The molecule has 0 aromatic heterocycles. The van der Waals surface area contributed by atoms with E-state index in [1.807, 2.05) is 0 Å². The van der Waals surface area contributed by atoms with E-state index in [2.05, 4.69) is 12.2 Å². The van der Waals surface area contributed by atoms with Crippen molar-refractivity contribution in [3.63, 3.8) is 0 Å². The summed E-state index contributed by atoms with van der Waals surface area (Å²) in [4.78, 5) is 0. The highest BCUT2D eigenvalue weighted by Gasteiger charge is 2.15. The van der Waals surface area contributed by atoms with Crippen molar-refractivity contribution in [3.05, 3.63) is 0 Å². The standard InChI is InChI=1S/C13H27F2NO4/c1-2-3-5-18-7-9-20-10-8-19-6-4-16-11-12(17)13(14)15/h12-13,16-17H,2-11H2,1H3. The lowest BCUT2D eigenvalue weighted by Crippen LogP contribution is -2.34. The fourth-order valence-corrected chi connectivity index (χ4v) is 1.27. The quantitative estimate of drug-likeness (QED) is 0.443. The molecule has 7 heteroatoms. The van der Waals surface area contributed by atoms with E-state index in [9.17, 15) is 8.78 Å². The average molecular weight is 299 g/mol. The van der Waals surface area contributed by atoms with Crippen LogP contribution in [0, 0.1) is 0 Å². The predicted octanol–water partition coefficient (Wildman–Crippen LogP) is 1.05. The lowest BCUT2D eigenvalue weighted by Gasteiger charge is -2.10. The third-order valence-corrected chi connectivity index (χ3v) is 2.45. The Morgan fingerprint density at radius 3 is 2.05 bits per heavy atom. The van der Waals surface area contributed by atoms with E-state index >= 15 is 0 Å². The molecule has 0 aliphatic rings. The van der Waals surface area contributed by atoms with Crippen LogP contribution in [0.1, 0.15) is 19.8 Å². The Morgan fingerprint density at radius 2 is 1.50 bits per heavy atom. The molecule has 0 aromatic carbocycles. The molecule has 0 bridgehead atoms. The van der Waals surface area contributed by atoms with Crippen LogP contribution in [0.3, 0.4) is 0 Å². The second kappa shape index (κ2) is 15.1. The van der Waals surface area contributed by atoms with E-state index in [-0.39, 0.29) is 6.54 Å². The molecular formula is C13H27F2NO4. The molecule has 0 saturated heterocycles. The van der Waals surface area contributed by atoms with E-state index in [1.165, 1.54) is 0 Å². The molecule has 0 fully saturated rings. The topological polar surface area (TPSA) is 60.0 Å². The fraction of sp³-hybridized carbons (Fsp3) is 1.00. The van der Waals surface area contributed by atoms with E-state index in [0.717, 1.165) is 19.4 Å². The molecule has 0 saturated carbocycles. The lowest BCUT2D eigenvalue weighted by atomic mass is 10.4. The molecule has 0 radical (unpaired) electrons. The molecule has 2 N–H and O–H groups in total. The smallest absolute Gasteiger partial charge is 0.265 e. The molecule has 1 atom stereocenters. The third kappa shape index (κ3) is 14.1. The van der Waals surface area contributed by atoms with Crippen molar-refractivity contribution in [2.45, 2.75) is 32.3 Å². The largest absolute Gasteiger partial charge is 0.386 e. The van der Waals surface area contributed by atoms with Crippen LogP contribution in [0.25, 0.3) is 0 Å². The van der Waals surface area contributed by atoms with Crippen LogP contribution in [0.2, 0.25) is 0 Å². The molecule has 0 rings (SSSR count). The normalized spacial score (nSPS) is 13.1. The van der Waals surface area contributed by atoms with Crippen molar-refractivity contribution >= 4 is 0 Å². The van der Waals surface area contributed by atoms with Gasteiger partial charge in [0.2, 0.25) is 0 Å². The zero-order valence-corrected chi connectivity index (χ0v) is 12.2. The minimum Gasteiger partial charge on any atom is -0.386 e. The highest BCUT2D eigenvalue weighted by atomic mass is 19.3. The maximum Gasteiger partial charge on any atom is 0.265 e. The van der Waals surface area contributed by atoms with Crippen LogP contribution in [0.5, 0.6) is 0 Å². The van der Waals surface area contributed by atoms with Gasteiger partial charge in [0, 0.05) is 19.7 Å².